The third-order valence-corrected chi connectivity index (χ3v) is 5.11. The number of aliphatic hydroxyl groups is 1. The summed E-state index contributed by atoms with van der Waals surface area (Å²) in [6.45, 7) is 14.2. The van der Waals surface area contributed by atoms with Gasteiger partial charge in [-0.1, -0.05) is 44.2 Å². The number of aliphatic imine (C=N–C) groups is 1. The third kappa shape index (κ3) is 7.78. The number of hydrogen-bond donors (Lipinski definition) is 3. The molecule has 28 heavy (non-hydrogen) atoms. The van der Waals surface area contributed by atoms with Crippen molar-refractivity contribution >= 4 is 5.96 Å². The zero-order valence-corrected chi connectivity index (χ0v) is 17.9. The molecule has 0 aromatic heterocycles. The number of morpholine rings is 1. The highest BCUT2D eigenvalue weighted by Crippen LogP contribution is 2.23. The molecule has 0 radical (unpaired) electrons. The van der Waals surface area contributed by atoms with Crippen LogP contribution in [0.4, 0.5) is 0 Å². The fraction of sp³-hybridized carbons (Fsp3) is 0.682. The first-order valence-corrected chi connectivity index (χ1v) is 10.5. The first kappa shape index (κ1) is 22.7. The maximum absolute atomic E-state index is 10.8. The van der Waals surface area contributed by atoms with E-state index >= 15 is 0 Å². The van der Waals surface area contributed by atoms with E-state index in [0.717, 1.165) is 45.4 Å². The van der Waals surface area contributed by atoms with E-state index in [-0.39, 0.29) is 0 Å². The molecule has 3 N–H and O–H groups in total. The van der Waals surface area contributed by atoms with Crippen LogP contribution >= 0.6 is 0 Å². The maximum Gasteiger partial charge on any atom is 0.191 e. The Hall–Kier alpha value is -1.63. The van der Waals surface area contributed by atoms with Crippen LogP contribution in [0.25, 0.3) is 0 Å². The minimum Gasteiger partial charge on any atom is -0.387 e. The lowest BCUT2D eigenvalue weighted by molar-refractivity contribution is -0.0180. The highest BCUT2D eigenvalue weighted by molar-refractivity contribution is 5.79. The van der Waals surface area contributed by atoms with Gasteiger partial charge >= 0.3 is 0 Å². The van der Waals surface area contributed by atoms with Gasteiger partial charge in [-0.15, -0.1) is 0 Å². The summed E-state index contributed by atoms with van der Waals surface area (Å²) in [5.74, 6) is 1.67. The van der Waals surface area contributed by atoms with E-state index < -0.39 is 5.60 Å². The summed E-state index contributed by atoms with van der Waals surface area (Å²) in [4.78, 5) is 6.90. The van der Waals surface area contributed by atoms with Crippen LogP contribution in [0.3, 0.4) is 0 Å². The molecule has 6 nitrogen and oxygen atoms in total. The number of guanidine groups is 1. The van der Waals surface area contributed by atoms with Crippen molar-refractivity contribution in [2.75, 3.05) is 52.5 Å². The Labute approximate surface area is 170 Å². The molecule has 0 bridgehead atoms. The SMILES string of the molecule is CCNC(=NCC(C)(O)CN1CCOCC1)NCC(c1ccccc1)C(C)C. The van der Waals surface area contributed by atoms with Crippen LogP contribution in [0.5, 0.6) is 0 Å². The van der Waals surface area contributed by atoms with Gasteiger partial charge < -0.3 is 20.5 Å². The Morgan fingerprint density at radius 2 is 1.89 bits per heavy atom. The van der Waals surface area contributed by atoms with Crippen LogP contribution in [0.2, 0.25) is 0 Å². The Bertz CT molecular complexity index is 583. The quantitative estimate of drug-likeness (QED) is 0.445. The second-order valence-corrected chi connectivity index (χ2v) is 8.22. The average molecular weight is 391 g/mol. The second kappa shape index (κ2) is 11.4. The number of β-amino-alcohol motifs (C(OH)–C–C–N with tert-alkyl or cyclic N) is 1. The molecule has 6 heteroatoms. The maximum atomic E-state index is 10.8. The average Bonchev–Trinajstić information content (AvgIpc) is 2.67. The molecule has 2 unspecified atom stereocenters. The van der Waals surface area contributed by atoms with E-state index in [1.165, 1.54) is 5.56 Å². The van der Waals surface area contributed by atoms with Crippen molar-refractivity contribution in [1.29, 1.82) is 0 Å². The highest BCUT2D eigenvalue weighted by atomic mass is 16.5. The molecule has 0 spiro atoms. The largest absolute Gasteiger partial charge is 0.387 e. The molecule has 1 aromatic carbocycles. The van der Waals surface area contributed by atoms with Crippen LogP contribution in [0, 0.1) is 5.92 Å². The third-order valence-electron chi connectivity index (χ3n) is 5.11. The highest BCUT2D eigenvalue weighted by Gasteiger charge is 2.25. The first-order valence-electron chi connectivity index (χ1n) is 10.5. The van der Waals surface area contributed by atoms with Gasteiger partial charge in [-0.05, 0) is 25.3 Å². The minimum absolute atomic E-state index is 0.359. The topological polar surface area (TPSA) is 69.1 Å². The second-order valence-electron chi connectivity index (χ2n) is 8.22. The smallest absolute Gasteiger partial charge is 0.191 e. The Kier molecular flexibility index (Phi) is 9.22. The summed E-state index contributed by atoms with van der Waals surface area (Å²) in [7, 11) is 0. The fourth-order valence-electron chi connectivity index (χ4n) is 3.53. The van der Waals surface area contributed by atoms with Crippen molar-refractivity contribution in [3.8, 4) is 0 Å². The lowest BCUT2D eigenvalue weighted by atomic mass is 9.88. The monoisotopic (exact) mass is 390 g/mol. The minimum atomic E-state index is -0.865. The number of nitrogens with one attached hydrogen (secondary N) is 2. The van der Waals surface area contributed by atoms with Gasteiger partial charge in [-0.3, -0.25) is 9.89 Å². The molecule has 1 aromatic rings. The molecule has 0 saturated carbocycles. The van der Waals surface area contributed by atoms with Gasteiger partial charge in [0.2, 0.25) is 0 Å². The van der Waals surface area contributed by atoms with Crippen molar-refractivity contribution in [3.05, 3.63) is 35.9 Å². The number of hydrogen-bond acceptors (Lipinski definition) is 4. The Balaban J connectivity index is 1.94. The van der Waals surface area contributed by atoms with Gasteiger partial charge in [0.05, 0.1) is 25.4 Å². The molecular formula is C22H38N4O2. The van der Waals surface area contributed by atoms with Crippen LogP contribution in [0.1, 0.15) is 39.2 Å². The number of ether oxygens (including phenoxy) is 1. The molecule has 1 heterocycles. The Morgan fingerprint density at radius 1 is 1.21 bits per heavy atom. The molecule has 1 aliphatic heterocycles. The van der Waals surface area contributed by atoms with E-state index in [9.17, 15) is 5.11 Å². The molecule has 1 saturated heterocycles. The van der Waals surface area contributed by atoms with Crippen molar-refractivity contribution in [2.24, 2.45) is 10.9 Å². The Morgan fingerprint density at radius 3 is 2.50 bits per heavy atom. The lowest BCUT2D eigenvalue weighted by Gasteiger charge is -2.33. The van der Waals surface area contributed by atoms with Gasteiger partial charge in [0, 0.05) is 38.6 Å². The zero-order valence-electron chi connectivity index (χ0n) is 17.9. The van der Waals surface area contributed by atoms with E-state index in [0.29, 0.717) is 24.9 Å². The van der Waals surface area contributed by atoms with Crippen LogP contribution in [-0.2, 0) is 4.74 Å². The van der Waals surface area contributed by atoms with E-state index in [2.05, 4.69) is 71.6 Å². The predicted octanol–water partition coefficient (Wildman–Crippen LogP) is 2.06. The standard InChI is InChI=1S/C22H38N4O2/c1-5-23-21(24-15-20(18(2)3)19-9-7-6-8-10-19)25-16-22(4,27)17-26-11-13-28-14-12-26/h6-10,18,20,27H,5,11-17H2,1-4H3,(H2,23,24,25). The van der Waals surface area contributed by atoms with Gasteiger partial charge in [0.15, 0.2) is 5.96 Å². The fourth-order valence-corrected chi connectivity index (χ4v) is 3.53. The van der Waals surface area contributed by atoms with Gasteiger partial charge in [-0.25, -0.2) is 0 Å². The van der Waals surface area contributed by atoms with Crippen LogP contribution < -0.4 is 10.6 Å². The molecule has 0 aliphatic carbocycles. The molecule has 1 fully saturated rings. The molecule has 158 valence electrons. The summed E-state index contributed by atoms with van der Waals surface area (Å²) < 4.78 is 5.38. The summed E-state index contributed by atoms with van der Waals surface area (Å²) in [5, 5.41) is 17.6. The predicted molar refractivity (Wildman–Crippen MR) is 116 cm³/mol. The van der Waals surface area contributed by atoms with Gasteiger partial charge in [-0.2, -0.15) is 0 Å². The lowest BCUT2D eigenvalue weighted by Crippen LogP contribution is -2.48. The number of nitrogens with zero attached hydrogens (tertiary/aromatic N) is 2. The van der Waals surface area contributed by atoms with Crippen molar-refractivity contribution in [2.45, 2.75) is 39.2 Å². The molecule has 0 amide bonds. The molecular weight excluding hydrogens is 352 g/mol. The number of rotatable bonds is 9. The molecule has 2 atom stereocenters. The van der Waals surface area contributed by atoms with E-state index in [1.807, 2.05) is 6.92 Å². The summed E-state index contributed by atoms with van der Waals surface area (Å²) >= 11 is 0. The van der Waals surface area contributed by atoms with Crippen molar-refractivity contribution in [1.82, 2.24) is 15.5 Å². The molecule has 1 aliphatic rings. The van der Waals surface area contributed by atoms with Crippen LogP contribution in [-0.4, -0.2) is 74.0 Å². The first-order chi connectivity index (χ1) is 13.4. The van der Waals surface area contributed by atoms with Gasteiger partial charge in [0.25, 0.3) is 0 Å². The van der Waals surface area contributed by atoms with E-state index in [1.54, 1.807) is 0 Å². The van der Waals surface area contributed by atoms with E-state index in [4.69, 9.17) is 4.74 Å². The summed E-state index contributed by atoms with van der Waals surface area (Å²) in [6.07, 6.45) is 0. The van der Waals surface area contributed by atoms with Gasteiger partial charge in [0.1, 0.15) is 0 Å². The molecule has 2 rings (SSSR count). The van der Waals surface area contributed by atoms with Crippen LogP contribution in [0.15, 0.2) is 35.3 Å². The zero-order chi connectivity index (χ0) is 20.4. The number of benzene rings is 1. The van der Waals surface area contributed by atoms with Crippen molar-refractivity contribution < 1.29 is 9.84 Å². The normalized spacial score (nSPS) is 19.3. The summed E-state index contributed by atoms with van der Waals surface area (Å²) in [6, 6.07) is 10.6. The van der Waals surface area contributed by atoms with Crippen molar-refractivity contribution in [3.63, 3.8) is 0 Å². The summed E-state index contributed by atoms with van der Waals surface area (Å²) in [5.41, 5.74) is 0.469.